The average Bonchev–Trinajstić information content (AvgIpc) is 3.01. The standard InChI is InChI=1S/C26H32N2O3/c1-6-27(7-2)14-15-28-23(20-12-9-17(3)10-13-20)22(25(30)26(28)31)24(29)21-16-18(4)8-11-19(21)5/h8-13,16,23,29H,6-7,14-15H2,1-5H3. The van der Waals surface area contributed by atoms with Crippen LogP contribution in [0.1, 0.15) is 47.7 Å². The van der Waals surface area contributed by atoms with Crippen molar-refractivity contribution in [3.63, 3.8) is 0 Å². The highest BCUT2D eigenvalue weighted by atomic mass is 16.3. The van der Waals surface area contributed by atoms with Gasteiger partial charge >= 0.3 is 0 Å². The summed E-state index contributed by atoms with van der Waals surface area (Å²) in [6.07, 6.45) is 0. The van der Waals surface area contributed by atoms with E-state index in [0.29, 0.717) is 18.7 Å². The summed E-state index contributed by atoms with van der Waals surface area (Å²) in [5.41, 5.74) is 4.53. The highest BCUT2D eigenvalue weighted by Crippen LogP contribution is 2.39. The molecule has 1 N–H and O–H groups in total. The molecule has 2 aromatic carbocycles. The monoisotopic (exact) mass is 420 g/mol. The van der Waals surface area contributed by atoms with E-state index in [9.17, 15) is 14.7 Å². The third-order valence-electron chi connectivity index (χ3n) is 6.13. The quantitative estimate of drug-likeness (QED) is 0.410. The van der Waals surface area contributed by atoms with Gasteiger partial charge in [0, 0.05) is 18.7 Å². The van der Waals surface area contributed by atoms with Crippen LogP contribution in [0.5, 0.6) is 0 Å². The zero-order valence-corrected chi connectivity index (χ0v) is 19.1. The van der Waals surface area contributed by atoms with Crippen LogP contribution in [0.3, 0.4) is 0 Å². The van der Waals surface area contributed by atoms with Crippen LogP contribution in [0.4, 0.5) is 0 Å². The summed E-state index contributed by atoms with van der Waals surface area (Å²) >= 11 is 0. The third-order valence-corrected chi connectivity index (χ3v) is 6.13. The number of carbonyl (C=O) groups excluding carboxylic acids is 2. The maximum absolute atomic E-state index is 13.1. The number of ketones is 1. The molecule has 1 heterocycles. The normalized spacial score (nSPS) is 18.3. The second kappa shape index (κ2) is 9.48. The first-order valence-electron chi connectivity index (χ1n) is 10.9. The van der Waals surface area contributed by atoms with Gasteiger partial charge in [-0.25, -0.2) is 0 Å². The first-order valence-corrected chi connectivity index (χ1v) is 10.9. The molecule has 1 aliphatic heterocycles. The Labute approximate surface area is 185 Å². The molecule has 164 valence electrons. The molecule has 2 aromatic rings. The molecule has 1 saturated heterocycles. The van der Waals surface area contributed by atoms with Crippen LogP contribution in [0.15, 0.2) is 48.0 Å². The summed E-state index contributed by atoms with van der Waals surface area (Å²) in [6, 6.07) is 13.0. The number of carbonyl (C=O) groups is 2. The first-order chi connectivity index (χ1) is 14.8. The SMILES string of the molecule is CCN(CC)CCN1C(=O)C(=O)C(=C(O)c2cc(C)ccc2C)C1c1ccc(C)cc1. The highest BCUT2D eigenvalue weighted by Gasteiger charge is 2.46. The second-order valence-corrected chi connectivity index (χ2v) is 8.25. The van der Waals surface area contributed by atoms with Gasteiger partial charge in [-0.2, -0.15) is 0 Å². The fourth-order valence-electron chi connectivity index (χ4n) is 4.13. The minimum atomic E-state index is -0.622. The predicted octanol–water partition coefficient (Wildman–Crippen LogP) is 4.38. The zero-order chi connectivity index (χ0) is 22.7. The maximum Gasteiger partial charge on any atom is 0.295 e. The summed E-state index contributed by atoms with van der Waals surface area (Å²) in [5, 5.41) is 11.3. The van der Waals surface area contributed by atoms with E-state index in [-0.39, 0.29) is 11.3 Å². The van der Waals surface area contributed by atoms with Gasteiger partial charge in [0.05, 0.1) is 11.6 Å². The maximum atomic E-state index is 13.1. The van der Waals surface area contributed by atoms with E-state index in [1.54, 1.807) is 4.90 Å². The third kappa shape index (κ3) is 4.57. The molecule has 5 heteroatoms. The van der Waals surface area contributed by atoms with Gasteiger partial charge in [-0.05, 0) is 51.1 Å². The van der Waals surface area contributed by atoms with E-state index in [2.05, 4.69) is 18.7 Å². The van der Waals surface area contributed by atoms with Crippen LogP contribution < -0.4 is 0 Å². The van der Waals surface area contributed by atoms with Gasteiger partial charge in [0.25, 0.3) is 11.7 Å². The first kappa shape index (κ1) is 22.8. The number of aliphatic hydroxyl groups is 1. The van der Waals surface area contributed by atoms with E-state index in [0.717, 1.165) is 35.3 Å². The number of rotatable bonds is 7. The Morgan fingerprint density at radius 3 is 2.19 bits per heavy atom. The average molecular weight is 421 g/mol. The van der Waals surface area contributed by atoms with Gasteiger partial charge in [0.1, 0.15) is 5.76 Å². The summed E-state index contributed by atoms with van der Waals surface area (Å²) in [6.45, 7) is 12.8. The van der Waals surface area contributed by atoms with Crippen LogP contribution in [0.2, 0.25) is 0 Å². The molecular weight excluding hydrogens is 388 g/mol. The van der Waals surface area contributed by atoms with E-state index < -0.39 is 17.7 Å². The van der Waals surface area contributed by atoms with Crippen LogP contribution >= 0.6 is 0 Å². The van der Waals surface area contributed by atoms with Gasteiger partial charge in [-0.3, -0.25) is 9.59 Å². The second-order valence-electron chi connectivity index (χ2n) is 8.25. The van der Waals surface area contributed by atoms with E-state index >= 15 is 0 Å². The number of hydrogen-bond donors (Lipinski definition) is 1. The molecule has 0 aromatic heterocycles. The van der Waals surface area contributed by atoms with Crippen LogP contribution in [0.25, 0.3) is 5.76 Å². The Balaban J connectivity index is 2.13. The number of likely N-dealkylation sites (tertiary alicyclic amines) is 1. The number of amides is 1. The predicted molar refractivity (Wildman–Crippen MR) is 124 cm³/mol. The summed E-state index contributed by atoms with van der Waals surface area (Å²) < 4.78 is 0. The number of likely N-dealkylation sites (N-methyl/N-ethyl adjacent to an activating group) is 1. The number of Topliss-reactive ketones (excluding diaryl/α,β-unsaturated/α-hetero) is 1. The zero-order valence-electron chi connectivity index (χ0n) is 19.1. The van der Waals surface area contributed by atoms with Crippen molar-refractivity contribution in [3.05, 3.63) is 75.9 Å². The highest BCUT2D eigenvalue weighted by molar-refractivity contribution is 6.46. The lowest BCUT2D eigenvalue weighted by Gasteiger charge is -2.28. The molecule has 3 rings (SSSR count). The fourth-order valence-corrected chi connectivity index (χ4v) is 4.13. The number of benzene rings is 2. The van der Waals surface area contributed by atoms with Crippen LogP contribution in [-0.4, -0.2) is 52.8 Å². The summed E-state index contributed by atoms with van der Waals surface area (Å²) in [4.78, 5) is 30.0. The van der Waals surface area contributed by atoms with Gasteiger partial charge in [-0.15, -0.1) is 0 Å². The van der Waals surface area contributed by atoms with Gasteiger partial charge in [0.15, 0.2) is 0 Å². The lowest BCUT2D eigenvalue weighted by atomic mass is 9.93. The molecule has 0 radical (unpaired) electrons. The molecule has 0 saturated carbocycles. The molecule has 1 fully saturated rings. The van der Waals surface area contributed by atoms with E-state index in [1.807, 2.05) is 63.2 Å². The molecule has 1 amide bonds. The Bertz CT molecular complexity index is 1000. The molecule has 0 bridgehead atoms. The topological polar surface area (TPSA) is 60.9 Å². The van der Waals surface area contributed by atoms with Crippen molar-refractivity contribution in [2.24, 2.45) is 0 Å². The fraction of sp³-hybridized carbons (Fsp3) is 0.385. The molecule has 31 heavy (non-hydrogen) atoms. The summed E-state index contributed by atoms with van der Waals surface area (Å²) in [5.74, 6) is -1.27. The molecule has 0 spiro atoms. The van der Waals surface area contributed by atoms with Crippen LogP contribution in [-0.2, 0) is 9.59 Å². The van der Waals surface area contributed by atoms with Crippen molar-refractivity contribution < 1.29 is 14.7 Å². The number of aryl methyl sites for hydroxylation is 3. The Morgan fingerprint density at radius 2 is 1.58 bits per heavy atom. The van der Waals surface area contributed by atoms with Crippen molar-refractivity contribution in [2.45, 2.75) is 40.7 Å². The lowest BCUT2D eigenvalue weighted by molar-refractivity contribution is -0.140. The molecular formula is C26H32N2O3. The van der Waals surface area contributed by atoms with Crippen LogP contribution in [0, 0.1) is 20.8 Å². The van der Waals surface area contributed by atoms with Crippen molar-refractivity contribution in [3.8, 4) is 0 Å². The lowest BCUT2D eigenvalue weighted by Crippen LogP contribution is -2.38. The van der Waals surface area contributed by atoms with Gasteiger partial charge in [0.2, 0.25) is 0 Å². The number of nitrogens with zero attached hydrogens (tertiary/aromatic N) is 2. The van der Waals surface area contributed by atoms with Crippen molar-refractivity contribution >= 4 is 17.4 Å². The Kier molecular flexibility index (Phi) is 6.96. The van der Waals surface area contributed by atoms with Crippen molar-refractivity contribution in [2.75, 3.05) is 26.2 Å². The van der Waals surface area contributed by atoms with Crippen molar-refractivity contribution in [1.82, 2.24) is 9.80 Å². The molecule has 1 aliphatic rings. The van der Waals surface area contributed by atoms with Crippen molar-refractivity contribution in [1.29, 1.82) is 0 Å². The summed E-state index contributed by atoms with van der Waals surface area (Å²) in [7, 11) is 0. The minimum Gasteiger partial charge on any atom is -0.507 e. The number of hydrogen-bond acceptors (Lipinski definition) is 4. The number of aliphatic hydroxyl groups excluding tert-OH is 1. The Hall–Kier alpha value is -2.92. The van der Waals surface area contributed by atoms with Gasteiger partial charge < -0.3 is 14.9 Å². The van der Waals surface area contributed by atoms with E-state index in [1.165, 1.54) is 0 Å². The Morgan fingerprint density at radius 1 is 0.968 bits per heavy atom. The van der Waals surface area contributed by atoms with Gasteiger partial charge in [-0.1, -0.05) is 61.4 Å². The molecule has 5 nitrogen and oxygen atoms in total. The molecule has 1 atom stereocenters. The largest absolute Gasteiger partial charge is 0.507 e. The van der Waals surface area contributed by atoms with E-state index in [4.69, 9.17) is 0 Å². The minimum absolute atomic E-state index is 0.101. The molecule has 1 unspecified atom stereocenters. The smallest absolute Gasteiger partial charge is 0.295 e. The molecule has 0 aliphatic carbocycles.